The van der Waals surface area contributed by atoms with Crippen molar-refractivity contribution in [2.24, 2.45) is 0 Å². The summed E-state index contributed by atoms with van der Waals surface area (Å²) in [5, 5.41) is 5.36. The maximum Gasteiger partial charge on any atom is 0.347 e. The second kappa shape index (κ2) is 8.61. The lowest BCUT2D eigenvalue weighted by molar-refractivity contribution is 0.551. The molecule has 0 fully saturated rings. The van der Waals surface area contributed by atoms with Crippen molar-refractivity contribution in [1.82, 2.24) is 0 Å². The first-order chi connectivity index (χ1) is 18.2. The number of fused-ring (bicyclic) bond motifs is 3. The molecule has 7 aromatic rings. The zero-order chi connectivity index (χ0) is 24.9. The Kier molecular flexibility index (Phi) is 5.08. The number of hydrogen-bond donors (Lipinski definition) is 0. The Hall–Kier alpha value is -4.41. The van der Waals surface area contributed by atoms with E-state index in [1.54, 1.807) is 6.07 Å². The van der Waals surface area contributed by atoms with E-state index in [2.05, 4.69) is 70.5 Å². The highest BCUT2D eigenvalue weighted by atomic mass is 79.9. The van der Waals surface area contributed by atoms with Crippen LogP contribution in [-0.2, 0) is 0 Å². The predicted molar refractivity (Wildman–Crippen MR) is 154 cm³/mol. The first-order valence-electron chi connectivity index (χ1n) is 12.0. The molecule has 176 valence electrons. The second-order valence-corrected chi connectivity index (χ2v) is 9.96. The third kappa shape index (κ3) is 3.69. The van der Waals surface area contributed by atoms with Gasteiger partial charge in [0.2, 0.25) is 0 Å². The van der Waals surface area contributed by atoms with Gasteiger partial charge >= 0.3 is 5.63 Å². The van der Waals surface area contributed by atoms with Crippen molar-refractivity contribution in [2.45, 2.75) is 0 Å². The molecule has 0 N–H and O–H groups in total. The van der Waals surface area contributed by atoms with Gasteiger partial charge in [0.1, 0.15) is 22.7 Å². The largest absolute Gasteiger partial charge is 0.455 e. The van der Waals surface area contributed by atoms with Crippen molar-refractivity contribution in [3.63, 3.8) is 0 Å². The maximum absolute atomic E-state index is 13.1. The minimum absolute atomic E-state index is 0.388. The van der Waals surface area contributed by atoms with Gasteiger partial charge in [0.25, 0.3) is 0 Å². The monoisotopic (exact) mass is 542 g/mol. The van der Waals surface area contributed by atoms with Gasteiger partial charge in [-0.15, -0.1) is 0 Å². The quantitative estimate of drug-likeness (QED) is 0.165. The molecule has 0 aliphatic heterocycles. The third-order valence-corrected chi connectivity index (χ3v) is 7.26. The van der Waals surface area contributed by atoms with Crippen LogP contribution in [0.2, 0.25) is 0 Å². The van der Waals surface area contributed by atoms with Crippen LogP contribution in [0.25, 0.3) is 66.3 Å². The highest BCUT2D eigenvalue weighted by Crippen LogP contribution is 2.44. The molecular formula is C33H19BrO3. The molecule has 0 bridgehead atoms. The van der Waals surface area contributed by atoms with Crippen LogP contribution in [-0.4, -0.2) is 0 Å². The molecule has 0 aliphatic rings. The van der Waals surface area contributed by atoms with Crippen LogP contribution in [0, 0.1) is 0 Å². The summed E-state index contributed by atoms with van der Waals surface area (Å²) in [6, 6.07) is 38.4. The summed E-state index contributed by atoms with van der Waals surface area (Å²) in [5.41, 5.74) is 3.44. The molecule has 0 spiro atoms. The Morgan fingerprint density at radius 2 is 1.24 bits per heavy atom. The lowest BCUT2D eigenvalue weighted by Gasteiger charge is -2.12. The number of halogens is 1. The van der Waals surface area contributed by atoms with E-state index in [-0.39, 0.29) is 0 Å². The lowest BCUT2D eigenvalue weighted by atomic mass is 9.91. The molecule has 37 heavy (non-hydrogen) atoms. The summed E-state index contributed by atoms with van der Waals surface area (Å²) in [5.74, 6) is 1.19. The lowest BCUT2D eigenvalue weighted by Crippen LogP contribution is -2.01. The van der Waals surface area contributed by atoms with Crippen molar-refractivity contribution in [3.8, 4) is 33.8 Å². The summed E-state index contributed by atoms with van der Waals surface area (Å²) in [4.78, 5) is 13.1. The average Bonchev–Trinajstić information content (AvgIpc) is 3.36. The van der Waals surface area contributed by atoms with Gasteiger partial charge in [-0.3, -0.25) is 0 Å². The first kappa shape index (κ1) is 21.8. The van der Waals surface area contributed by atoms with Crippen molar-refractivity contribution in [3.05, 3.63) is 130 Å². The Morgan fingerprint density at radius 3 is 1.97 bits per heavy atom. The Bertz CT molecular complexity index is 1960. The van der Waals surface area contributed by atoms with Crippen LogP contribution >= 0.6 is 15.9 Å². The van der Waals surface area contributed by atoms with Gasteiger partial charge < -0.3 is 8.83 Å². The zero-order valence-electron chi connectivity index (χ0n) is 19.6. The highest BCUT2D eigenvalue weighted by molar-refractivity contribution is 9.10. The molecule has 0 saturated heterocycles. The Labute approximate surface area is 220 Å². The second-order valence-electron chi connectivity index (χ2n) is 9.04. The first-order valence-corrected chi connectivity index (χ1v) is 12.8. The van der Waals surface area contributed by atoms with Gasteiger partial charge in [-0.1, -0.05) is 94.8 Å². The molecule has 4 heteroatoms. The number of furan rings is 1. The number of rotatable bonds is 3. The SMILES string of the molecule is O=c1oc2ccc(Br)cc2cc1-c1cc(-c2c3ccccc3cc3ccccc23)c(-c2ccccc2)o1. The normalized spacial score (nSPS) is 11.5. The molecule has 7 rings (SSSR count). The van der Waals surface area contributed by atoms with Crippen molar-refractivity contribution in [1.29, 1.82) is 0 Å². The molecular weight excluding hydrogens is 524 g/mol. The van der Waals surface area contributed by atoms with Gasteiger partial charge in [0.15, 0.2) is 0 Å². The van der Waals surface area contributed by atoms with Crippen molar-refractivity contribution >= 4 is 48.4 Å². The average molecular weight is 543 g/mol. The number of benzene rings is 5. The van der Waals surface area contributed by atoms with E-state index in [0.29, 0.717) is 22.7 Å². The van der Waals surface area contributed by atoms with Crippen LogP contribution in [0.1, 0.15) is 0 Å². The highest BCUT2D eigenvalue weighted by Gasteiger charge is 2.22. The summed E-state index contributed by atoms with van der Waals surface area (Å²) in [7, 11) is 0. The van der Waals surface area contributed by atoms with Crippen molar-refractivity contribution in [2.75, 3.05) is 0 Å². The number of hydrogen-bond acceptors (Lipinski definition) is 3. The van der Waals surface area contributed by atoms with E-state index in [1.165, 1.54) is 0 Å². The fraction of sp³-hybridized carbons (Fsp3) is 0. The van der Waals surface area contributed by atoms with Crippen LogP contribution in [0.4, 0.5) is 0 Å². The Morgan fingerprint density at radius 1 is 0.568 bits per heavy atom. The minimum Gasteiger partial charge on any atom is -0.455 e. The summed E-state index contributed by atoms with van der Waals surface area (Å²) in [6.45, 7) is 0. The van der Waals surface area contributed by atoms with Crippen LogP contribution in [0.5, 0.6) is 0 Å². The van der Waals surface area contributed by atoms with Gasteiger partial charge in [0.05, 0.1) is 0 Å². The van der Waals surface area contributed by atoms with E-state index in [1.807, 2.05) is 54.6 Å². The van der Waals surface area contributed by atoms with Gasteiger partial charge in [0, 0.05) is 26.5 Å². The summed E-state index contributed by atoms with van der Waals surface area (Å²) < 4.78 is 13.1. The van der Waals surface area contributed by atoms with Gasteiger partial charge in [-0.25, -0.2) is 4.79 Å². The minimum atomic E-state index is -0.433. The van der Waals surface area contributed by atoms with Crippen LogP contribution < -0.4 is 5.63 Å². The van der Waals surface area contributed by atoms with Crippen molar-refractivity contribution < 1.29 is 8.83 Å². The molecule has 0 saturated carbocycles. The van der Waals surface area contributed by atoms with Gasteiger partial charge in [-0.2, -0.15) is 0 Å². The van der Waals surface area contributed by atoms with E-state index < -0.39 is 5.63 Å². The van der Waals surface area contributed by atoms with E-state index in [0.717, 1.165) is 48.1 Å². The molecule has 2 heterocycles. The topological polar surface area (TPSA) is 43.4 Å². The zero-order valence-corrected chi connectivity index (χ0v) is 21.2. The molecule has 0 amide bonds. The Balaban J connectivity index is 1.58. The third-order valence-electron chi connectivity index (χ3n) is 6.77. The van der Waals surface area contributed by atoms with Crippen LogP contribution in [0.15, 0.2) is 133 Å². The standard InChI is InChI=1S/C33H19BrO3/c34-24-14-15-29-23(17-24)18-27(33(35)37-29)30-19-28(32(36-30)20-8-2-1-3-9-20)31-25-12-6-4-10-21(25)16-22-11-5-7-13-26(22)31/h1-19H. The molecule has 2 aromatic heterocycles. The summed E-state index contributed by atoms with van der Waals surface area (Å²) in [6.07, 6.45) is 0. The van der Waals surface area contributed by atoms with E-state index in [4.69, 9.17) is 8.83 Å². The molecule has 0 atom stereocenters. The fourth-order valence-corrected chi connectivity index (χ4v) is 5.46. The molecule has 0 radical (unpaired) electrons. The molecule has 0 unspecified atom stereocenters. The predicted octanol–water partition coefficient (Wildman–Crippen LogP) is 9.46. The van der Waals surface area contributed by atoms with Gasteiger partial charge in [-0.05, 0) is 57.9 Å². The van der Waals surface area contributed by atoms with Crippen LogP contribution in [0.3, 0.4) is 0 Å². The fourth-order valence-electron chi connectivity index (χ4n) is 5.08. The summed E-state index contributed by atoms with van der Waals surface area (Å²) >= 11 is 3.51. The molecule has 3 nitrogen and oxygen atoms in total. The maximum atomic E-state index is 13.1. The molecule has 5 aromatic carbocycles. The van der Waals surface area contributed by atoms with E-state index in [9.17, 15) is 4.79 Å². The molecule has 0 aliphatic carbocycles. The smallest absolute Gasteiger partial charge is 0.347 e. The van der Waals surface area contributed by atoms with E-state index >= 15 is 0 Å².